The molecule has 0 unspecified atom stereocenters. The van der Waals surface area contributed by atoms with Crippen molar-refractivity contribution in [3.63, 3.8) is 0 Å². The third kappa shape index (κ3) is 5.44. The van der Waals surface area contributed by atoms with Crippen molar-refractivity contribution in [2.45, 2.75) is 39.3 Å². The second-order valence-electron chi connectivity index (χ2n) is 7.16. The molecule has 30 heavy (non-hydrogen) atoms. The van der Waals surface area contributed by atoms with Gasteiger partial charge >= 0.3 is 0 Å². The van der Waals surface area contributed by atoms with Crippen molar-refractivity contribution in [1.29, 1.82) is 0 Å². The molecular formula is C22H30N2O5S. The van der Waals surface area contributed by atoms with E-state index in [4.69, 9.17) is 9.47 Å². The smallest absolute Gasteiger partial charge is 0.244 e. The summed E-state index contributed by atoms with van der Waals surface area (Å²) in [5.74, 6) is 0.855. The van der Waals surface area contributed by atoms with E-state index in [0.717, 1.165) is 17.4 Å². The van der Waals surface area contributed by atoms with Gasteiger partial charge in [0.2, 0.25) is 15.9 Å². The molecular weight excluding hydrogens is 404 g/mol. The Morgan fingerprint density at radius 1 is 1.13 bits per heavy atom. The fraction of sp³-hybridized carbons (Fsp3) is 0.409. The normalized spacial score (nSPS) is 13.3. The Morgan fingerprint density at radius 2 is 1.83 bits per heavy atom. The molecule has 164 valence electrons. The summed E-state index contributed by atoms with van der Waals surface area (Å²) in [7, 11) is -0.571. The van der Waals surface area contributed by atoms with Gasteiger partial charge in [-0.2, -0.15) is 0 Å². The summed E-state index contributed by atoms with van der Waals surface area (Å²) in [5, 5.41) is 2.93. The van der Waals surface area contributed by atoms with Gasteiger partial charge < -0.3 is 14.8 Å². The molecule has 7 nitrogen and oxygen atoms in total. The third-order valence-corrected chi connectivity index (χ3v) is 6.03. The lowest BCUT2D eigenvalue weighted by Crippen LogP contribution is -2.49. The van der Waals surface area contributed by atoms with Crippen molar-refractivity contribution in [3.05, 3.63) is 53.6 Å². The van der Waals surface area contributed by atoms with Gasteiger partial charge in [0.15, 0.2) is 0 Å². The van der Waals surface area contributed by atoms with Gasteiger partial charge in [0.05, 0.1) is 32.2 Å². The number of aryl methyl sites for hydroxylation is 1. The predicted molar refractivity (Wildman–Crippen MR) is 119 cm³/mol. The zero-order valence-corrected chi connectivity index (χ0v) is 19.1. The molecule has 1 amide bonds. The van der Waals surface area contributed by atoms with Crippen LogP contribution in [0.1, 0.15) is 37.4 Å². The molecule has 0 bridgehead atoms. The number of anilines is 1. The fourth-order valence-corrected chi connectivity index (χ4v) is 4.59. The Hall–Kier alpha value is -2.74. The van der Waals surface area contributed by atoms with Gasteiger partial charge in [-0.1, -0.05) is 19.1 Å². The van der Waals surface area contributed by atoms with Crippen molar-refractivity contribution in [3.8, 4) is 11.5 Å². The van der Waals surface area contributed by atoms with Gasteiger partial charge in [-0.3, -0.25) is 9.10 Å². The Bertz CT molecular complexity index is 991. The van der Waals surface area contributed by atoms with E-state index in [2.05, 4.69) is 5.32 Å². The van der Waals surface area contributed by atoms with Crippen molar-refractivity contribution in [2.24, 2.45) is 0 Å². The number of nitrogens with one attached hydrogen (secondary N) is 1. The Kier molecular flexibility index (Phi) is 7.72. The number of amides is 1. The first kappa shape index (κ1) is 23.5. The van der Waals surface area contributed by atoms with Gasteiger partial charge in [-0.25, -0.2) is 8.42 Å². The minimum absolute atomic E-state index is 0.314. The van der Waals surface area contributed by atoms with Gasteiger partial charge in [-0.05, 0) is 56.2 Å². The fourth-order valence-electron chi connectivity index (χ4n) is 3.39. The van der Waals surface area contributed by atoms with Gasteiger partial charge in [0.25, 0.3) is 0 Å². The van der Waals surface area contributed by atoms with Crippen LogP contribution in [-0.2, 0) is 14.8 Å². The number of nitrogens with zero attached hydrogens (tertiary/aromatic N) is 1. The van der Waals surface area contributed by atoms with E-state index in [0.29, 0.717) is 23.6 Å². The highest BCUT2D eigenvalue weighted by molar-refractivity contribution is 7.92. The summed E-state index contributed by atoms with van der Waals surface area (Å²) < 4.78 is 37.1. The lowest BCUT2D eigenvalue weighted by atomic mass is 10.1. The van der Waals surface area contributed by atoms with Crippen LogP contribution >= 0.6 is 0 Å². The van der Waals surface area contributed by atoms with Crippen LogP contribution in [-0.4, -0.2) is 40.8 Å². The number of sulfonamides is 1. The Morgan fingerprint density at radius 3 is 2.37 bits per heavy atom. The highest BCUT2D eigenvalue weighted by Gasteiger charge is 2.32. The van der Waals surface area contributed by atoms with E-state index in [9.17, 15) is 13.2 Å². The van der Waals surface area contributed by atoms with E-state index in [1.165, 1.54) is 4.31 Å². The van der Waals surface area contributed by atoms with E-state index >= 15 is 0 Å². The lowest BCUT2D eigenvalue weighted by molar-refractivity contribution is -0.122. The topological polar surface area (TPSA) is 84.9 Å². The van der Waals surface area contributed by atoms with E-state index in [-0.39, 0.29) is 5.91 Å². The molecule has 0 aromatic heterocycles. The van der Waals surface area contributed by atoms with Gasteiger partial charge in [0, 0.05) is 5.56 Å². The van der Waals surface area contributed by atoms with Gasteiger partial charge in [0.1, 0.15) is 17.5 Å². The van der Waals surface area contributed by atoms with Crippen molar-refractivity contribution in [2.75, 3.05) is 24.8 Å². The monoisotopic (exact) mass is 434 g/mol. The lowest BCUT2D eigenvalue weighted by Gasteiger charge is -2.31. The maximum absolute atomic E-state index is 13.2. The molecule has 2 aromatic rings. The SMILES string of the molecule is CC[C@H](C(=O)N[C@@H](C)c1cc(OC)ccc1OC)N(c1cccc(C)c1)S(C)(=O)=O. The van der Waals surface area contributed by atoms with Crippen molar-refractivity contribution in [1.82, 2.24) is 5.32 Å². The number of ether oxygens (including phenoxy) is 2. The van der Waals surface area contributed by atoms with Crippen molar-refractivity contribution < 1.29 is 22.7 Å². The summed E-state index contributed by atoms with van der Waals surface area (Å²) in [6, 6.07) is 11.1. The molecule has 0 heterocycles. The molecule has 0 radical (unpaired) electrons. The summed E-state index contributed by atoms with van der Waals surface area (Å²) in [5.41, 5.74) is 2.11. The summed E-state index contributed by atoms with van der Waals surface area (Å²) >= 11 is 0. The second kappa shape index (κ2) is 9.84. The first-order valence-corrected chi connectivity index (χ1v) is 11.6. The Balaban J connectivity index is 2.37. The van der Waals surface area contributed by atoms with E-state index < -0.39 is 22.1 Å². The molecule has 0 saturated heterocycles. The average molecular weight is 435 g/mol. The number of carbonyl (C=O) groups is 1. The number of hydrogen-bond acceptors (Lipinski definition) is 5. The van der Waals surface area contributed by atoms with Crippen molar-refractivity contribution >= 4 is 21.6 Å². The quantitative estimate of drug-likeness (QED) is 0.654. The maximum Gasteiger partial charge on any atom is 0.244 e. The van der Waals surface area contributed by atoms with Crippen LogP contribution in [0.3, 0.4) is 0 Å². The summed E-state index contributed by atoms with van der Waals surface area (Å²) in [6.45, 7) is 5.48. The van der Waals surface area contributed by atoms with Crippen LogP contribution < -0.4 is 19.1 Å². The highest BCUT2D eigenvalue weighted by Crippen LogP contribution is 2.30. The van der Waals surface area contributed by atoms with Crippen LogP contribution in [0.2, 0.25) is 0 Å². The predicted octanol–water partition coefficient (Wildman–Crippen LogP) is 3.43. The molecule has 0 aliphatic carbocycles. The molecule has 0 aliphatic rings. The van der Waals surface area contributed by atoms with Crippen LogP contribution in [0, 0.1) is 6.92 Å². The minimum Gasteiger partial charge on any atom is -0.497 e. The Labute approximate surface area is 179 Å². The van der Waals surface area contributed by atoms with Crippen LogP contribution in [0.25, 0.3) is 0 Å². The molecule has 0 saturated carbocycles. The molecule has 0 fully saturated rings. The van der Waals surface area contributed by atoms with Crippen LogP contribution in [0.5, 0.6) is 11.5 Å². The number of benzene rings is 2. The first-order chi connectivity index (χ1) is 14.1. The largest absolute Gasteiger partial charge is 0.497 e. The average Bonchev–Trinajstić information content (AvgIpc) is 2.70. The first-order valence-electron chi connectivity index (χ1n) is 9.70. The highest BCUT2D eigenvalue weighted by atomic mass is 32.2. The molecule has 2 rings (SSSR count). The molecule has 1 N–H and O–H groups in total. The van der Waals surface area contributed by atoms with E-state index in [1.54, 1.807) is 57.5 Å². The van der Waals surface area contributed by atoms with Gasteiger partial charge in [-0.15, -0.1) is 0 Å². The van der Waals surface area contributed by atoms with Crippen LogP contribution in [0.15, 0.2) is 42.5 Å². The summed E-state index contributed by atoms with van der Waals surface area (Å²) in [6.07, 6.45) is 1.43. The standard InChI is InChI=1S/C22H30N2O5S/c1-7-20(24(30(6,26)27)17-10-8-9-15(2)13-17)22(25)23-16(3)19-14-18(28-4)11-12-21(19)29-5/h8-14,16,20H,7H2,1-6H3,(H,23,25)/t16-,20+/m0/s1. The molecule has 0 aliphatic heterocycles. The molecule has 2 atom stereocenters. The molecule has 2 aromatic carbocycles. The second-order valence-corrected chi connectivity index (χ2v) is 9.02. The van der Waals surface area contributed by atoms with Crippen LogP contribution in [0.4, 0.5) is 5.69 Å². The zero-order chi connectivity index (χ0) is 22.5. The minimum atomic E-state index is -3.69. The number of rotatable bonds is 9. The molecule has 8 heteroatoms. The number of methoxy groups -OCH3 is 2. The number of carbonyl (C=O) groups excluding carboxylic acids is 1. The maximum atomic E-state index is 13.2. The van der Waals surface area contributed by atoms with E-state index in [1.807, 2.05) is 19.9 Å². The summed E-state index contributed by atoms with van der Waals surface area (Å²) in [4.78, 5) is 13.2. The zero-order valence-electron chi connectivity index (χ0n) is 18.3. The third-order valence-electron chi connectivity index (χ3n) is 4.85. The number of hydrogen-bond donors (Lipinski definition) is 1. The molecule has 0 spiro atoms.